The van der Waals surface area contributed by atoms with Crippen molar-refractivity contribution < 1.29 is 153 Å². The number of fused-ring (bicyclic) bond motifs is 6. The third-order valence-electron chi connectivity index (χ3n) is 14.5. The van der Waals surface area contributed by atoms with Crippen LogP contribution in [0.3, 0.4) is 0 Å². The summed E-state index contributed by atoms with van der Waals surface area (Å²) in [5.41, 5.74) is 15.5. The van der Waals surface area contributed by atoms with Gasteiger partial charge in [-0.15, -0.1) is 24.8 Å². The predicted octanol–water partition coefficient (Wildman–Crippen LogP) is 5.70. The van der Waals surface area contributed by atoms with E-state index in [-0.39, 0.29) is 134 Å². The predicted molar refractivity (Wildman–Crippen MR) is 298 cm³/mol. The van der Waals surface area contributed by atoms with Crippen molar-refractivity contribution in [2.75, 3.05) is 38.9 Å². The van der Waals surface area contributed by atoms with E-state index in [1.54, 1.807) is 18.2 Å². The molecule has 2 aliphatic carbocycles. The molecule has 3 atom stereocenters. The SMILES string of the molecule is C=CCc1cc(C2(c3ccc(O)cc3)c3ccccc3-c3ccccc32)ccc1O.C=CCc1cc(C2(c3ccc(OCC4CO4)cc3)c3ccccc3-c3ccccc32)ccc1OCC1CO1.ClCC1CO1.O=CO[O-].[H-].[K+].[K+]. The van der Waals surface area contributed by atoms with Crippen LogP contribution in [0.4, 0.5) is 0 Å². The average molecular weight is 1130 g/mol. The van der Waals surface area contributed by atoms with E-state index in [1.165, 1.54) is 55.6 Å². The summed E-state index contributed by atoms with van der Waals surface area (Å²) >= 11 is 5.27. The number of epoxide rings is 3. The van der Waals surface area contributed by atoms with Gasteiger partial charge in [-0.25, -0.2) is 0 Å². The molecule has 3 aliphatic heterocycles. The second kappa shape index (κ2) is 27.9. The van der Waals surface area contributed by atoms with Gasteiger partial charge in [0.15, 0.2) is 0 Å². The molecule has 2 N–H and O–H groups in total. The summed E-state index contributed by atoms with van der Waals surface area (Å²) in [5.74, 6) is 2.94. The number of rotatable bonds is 16. The molecule has 8 aromatic rings. The molecule has 13 rings (SSSR count). The van der Waals surface area contributed by atoms with E-state index in [9.17, 15) is 10.2 Å². The second-order valence-corrected chi connectivity index (χ2v) is 19.5. The summed E-state index contributed by atoms with van der Waals surface area (Å²) in [6.45, 7) is 11.3. The van der Waals surface area contributed by atoms with E-state index >= 15 is 0 Å². The molecular formula is C66H59ClK2O10. The molecule has 3 saturated heterocycles. The van der Waals surface area contributed by atoms with Crippen molar-refractivity contribution >= 4 is 18.1 Å². The van der Waals surface area contributed by atoms with Gasteiger partial charge in [0.25, 0.3) is 6.47 Å². The van der Waals surface area contributed by atoms with Crippen LogP contribution in [0.2, 0.25) is 0 Å². The fourth-order valence-corrected chi connectivity index (χ4v) is 11.0. The number of alkyl halides is 1. The first-order valence-corrected chi connectivity index (χ1v) is 26.2. The van der Waals surface area contributed by atoms with Crippen LogP contribution in [0, 0.1) is 0 Å². The minimum absolute atomic E-state index is 0. The molecule has 0 saturated carbocycles. The van der Waals surface area contributed by atoms with Crippen molar-refractivity contribution in [1.82, 2.24) is 0 Å². The van der Waals surface area contributed by atoms with Crippen LogP contribution in [0.25, 0.3) is 22.3 Å². The molecule has 10 nitrogen and oxygen atoms in total. The fourth-order valence-electron chi connectivity index (χ4n) is 10.8. The molecule has 392 valence electrons. The first-order valence-electron chi connectivity index (χ1n) is 25.6. The Labute approximate surface area is 553 Å². The Hall–Kier alpha value is -4.69. The Kier molecular flexibility index (Phi) is 21.3. The summed E-state index contributed by atoms with van der Waals surface area (Å²) in [7, 11) is 0. The summed E-state index contributed by atoms with van der Waals surface area (Å²) in [4.78, 5) is 11.2. The molecule has 3 fully saturated rings. The molecule has 0 bridgehead atoms. The van der Waals surface area contributed by atoms with Gasteiger partial charge in [0.1, 0.15) is 48.4 Å². The zero-order valence-corrected chi connectivity index (χ0v) is 51.4. The monoisotopic (exact) mass is 1120 g/mol. The maximum Gasteiger partial charge on any atom is 1.00 e. The summed E-state index contributed by atoms with van der Waals surface area (Å²) in [6, 6.07) is 63.1. The Bertz CT molecular complexity index is 3290. The Morgan fingerprint density at radius 1 is 0.544 bits per heavy atom. The molecule has 79 heavy (non-hydrogen) atoms. The molecule has 3 heterocycles. The molecule has 0 aromatic heterocycles. The molecule has 8 aromatic carbocycles. The van der Waals surface area contributed by atoms with Crippen LogP contribution in [0.5, 0.6) is 23.0 Å². The van der Waals surface area contributed by atoms with E-state index in [0.717, 1.165) is 60.0 Å². The minimum Gasteiger partial charge on any atom is -1.00 e. The van der Waals surface area contributed by atoms with Crippen molar-refractivity contribution in [2.45, 2.75) is 42.0 Å². The summed E-state index contributed by atoms with van der Waals surface area (Å²) in [5, 5.41) is 28.8. The largest absolute Gasteiger partial charge is 1.00 e. The van der Waals surface area contributed by atoms with Gasteiger partial charge < -0.3 is 45.5 Å². The van der Waals surface area contributed by atoms with Crippen LogP contribution in [0.15, 0.2) is 207 Å². The maximum atomic E-state index is 10.4. The van der Waals surface area contributed by atoms with E-state index in [2.05, 4.69) is 164 Å². The normalized spacial score (nSPS) is 17.1. The number of hydrogen-bond acceptors (Lipinski definition) is 10. The number of allylic oxidation sites excluding steroid dienone is 2. The Morgan fingerprint density at radius 3 is 1.33 bits per heavy atom. The first kappa shape index (κ1) is 60.4. The van der Waals surface area contributed by atoms with Crippen LogP contribution >= 0.6 is 11.6 Å². The quantitative estimate of drug-likeness (QED) is 0.0235. The summed E-state index contributed by atoms with van der Waals surface area (Å²) in [6.07, 6.45) is 5.90. The van der Waals surface area contributed by atoms with Gasteiger partial charge in [-0.2, -0.15) is 0 Å². The average Bonchev–Trinajstić information content (AvgIpc) is 4.53. The van der Waals surface area contributed by atoms with E-state index in [1.807, 2.05) is 30.4 Å². The number of hydrogen-bond donors (Lipinski definition) is 2. The standard InChI is InChI=1S/C34H30O4.C28H22O2.C3H5ClO.CH2O3.2K.H/c1-2-7-23-18-25(14-17-33(23)38-22-28-21-37-28)34(24-12-15-26(16-13-24)35-19-27-20-36-27)31-10-5-3-8-29(31)30-9-4-6-11-32(30)34;1-2-7-19-18-21(14-17-27(19)30)28(20-12-15-22(29)16-13-20)25-10-5-3-8-23(25)24-9-4-6-11-26(24)28;4-1-3-2-5-3;2-1-4-3;;;/h2-6,8-18,27-28H,1,7,19-22H2;2-6,8-18,29-30H,1,7H2;3H,1-2H2;1,3H;;;/q;;;;2*+1;-1/p-1. The number of ether oxygens (including phenoxy) is 5. The number of benzene rings is 8. The van der Waals surface area contributed by atoms with Crippen molar-refractivity contribution in [1.29, 1.82) is 0 Å². The topological polar surface area (TPSA) is 146 Å². The van der Waals surface area contributed by atoms with E-state index in [0.29, 0.717) is 31.6 Å². The van der Waals surface area contributed by atoms with Gasteiger partial charge in [0.2, 0.25) is 0 Å². The van der Waals surface area contributed by atoms with Crippen LogP contribution in [-0.4, -0.2) is 73.9 Å². The molecule has 13 heteroatoms. The molecule has 5 aliphatic rings. The number of halogens is 1. The third kappa shape index (κ3) is 13.0. The zero-order chi connectivity index (χ0) is 53.4. The van der Waals surface area contributed by atoms with Crippen LogP contribution < -0.4 is 118 Å². The number of carbonyl (C=O) groups is 1. The Morgan fingerprint density at radius 2 is 0.924 bits per heavy atom. The maximum absolute atomic E-state index is 10.4. The van der Waals surface area contributed by atoms with Gasteiger partial charge in [0.05, 0.1) is 42.6 Å². The first-order chi connectivity index (χ1) is 37.8. The molecule has 0 amide bonds. The van der Waals surface area contributed by atoms with Crippen LogP contribution in [-0.2, 0) is 47.6 Å². The second-order valence-electron chi connectivity index (χ2n) is 19.2. The van der Waals surface area contributed by atoms with Gasteiger partial charge in [-0.3, -0.25) is 4.79 Å². The van der Waals surface area contributed by atoms with Gasteiger partial charge in [-0.1, -0.05) is 158 Å². The van der Waals surface area contributed by atoms with Crippen molar-refractivity contribution in [3.05, 3.63) is 263 Å². The minimum atomic E-state index is -0.537. The van der Waals surface area contributed by atoms with E-state index < -0.39 is 10.8 Å². The molecule has 0 spiro atoms. The van der Waals surface area contributed by atoms with E-state index in [4.69, 9.17) is 45.3 Å². The molecular weight excluding hydrogens is 1070 g/mol. The van der Waals surface area contributed by atoms with Crippen molar-refractivity contribution in [3.8, 4) is 45.3 Å². The number of aromatic hydroxyl groups is 2. The fraction of sp³-hybridized carbons (Fsp3) is 0.197. The van der Waals surface area contributed by atoms with Gasteiger partial charge in [-0.05, 0) is 127 Å². The number of phenols is 2. The smallest absolute Gasteiger partial charge is 1.00 e. The van der Waals surface area contributed by atoms with Crippen molar-refractivity contribution in [3.63, 3.8) is 0 Å². The number of phenolic OH excluding ortho intramolecular Hbond substituents is 2. The third-order valence-corrected chi connectivity index (χ3v) is 14.9. The van der Waals surface area contributed by atoms with Crippen LogP contribution in [0.1, 0.15) is 57.1 Å². The molecule has 3 unspecified atom stereocenters. The molecule has 0 radical (unpaired) electrons. The zero-order valence-electron chi connectivity index (χ0n) is 45.4. The van der Waals surface area contributed by atoms with Crippen molar-refractivity contribution in [2.24, 2.45) is 0 Å². The number of carbonyl (C=O) groups excluding carboxylic acids is 1. The van der Waals surface area contributed by atoms with Gasteiger partial charge in [0, 0.05) is 0 Å². The summed E-state index contributed by atoms with van der Waals surface area (Å²) < 4.78 is 27.6. The Balaban J connectivity index is 0.000000197. The van der Waals surface area contributed by atoms with Gasteiger partial charge >= 0.3 is 103 Å².